The van der Waals surface area contributed by atoms with Crippen molar-refractivity contribution in [2.75, 3.05) is 14.1 Å². The number of carboxylic acid groups (broad SMARTS) is 1. The smallest absolute Gasteiger partial charge is 0.331 e. The van der Waals surface area contributed by atoms with Crippen LogP contribution >= 0.6 is 0 Å². The van der Waals surface area contributed by atoms with E-state index in [0.29, 0.717) is 0 Å². The number of likely N-dealkylation sites (N-methyl/N-ethyl adjacent to an activating group) is 2. The third-order valence-corrected chi connectivity index (χ3v) is 7.02. The number of nitrogens with zero attached hydrogens (tertiary/aromatic N) is 1. The number of para-hydroxylation sites is 1. The molecule has 1 aromatic carbocycles. The molecule has 4 N–H and O–H groups in total. The number of aromatic amines is 1. The lowest BCUT2D eigenvalue weighted by atomic mass is 9.77. The number of hydrogen-bond acceptors (Lipinski definition) is 4. The van der Waals surface area contributed by atoms with E-state index in [1.165, 1.54) is 6.92 Å². The molecule has 2 amide bonds. The third kappa shape index (κ3) is 6.16. The molecule has 8 nitrogen and oxygen atoms in total. The van der Waals surface area contributed by atoms with Crippen molar-refractivity contribution in [2.45, 2.75) is 72.0 Å². The minimum atomic E-state index is -1.02. The number of carboxylic acids is 1. The van der Waals surface area contributed by atoms with Crippen LogP contribution in [-0.4, -0.2) is 65.0 Å². The summed E-state index contributed by atoms with van der Waals surface area (Å²) in [6.07, 6.45) is 3.53. The predicted molar refractivity (Wildman–Crippen MR) is 144 cm³/mol. The van der Waals surface area contributed by atoms with Gasteiger partial charge in [-0.05, 0) is 37.4 Å². The Morgan fingerprint density at radius 2 is 1.69 bits per heavy atom. The van der Waals surface area contributed by atoms with E-state index in [2.05, 4.69) is 15.6 Å². The number of nitrogens with one attached hydrogen (secondary N) is 3. The molecule has 2 aromatic rings. The van der Waals surface area contributed by atoms with Gasteiger partial charge in [0.05, 0.1) is 12.1 Å². The number of hydrogen-bond donors (Lipinski definition) is 4. The monoisotopic (exact) mass is 498 g/mol. The summed E-state index contributed by atoms with van der Waals surface area (Å²) in [7, 11) is 3.40. The maximum absolute atomic E-state index is 13.6. The lowest BCUT2D eigenvalue weighted by Gasteiger charge is -2.37. The van der Waals surface area contributed by atoms with Gasteiger partial charge in [0.2, 0.25) is 11.8 Å². The molecule has 8 heteroatoms. The fourth-order valence-electron chi connectivity index (χ4n) is 4.78. The highest BCUT2D eigenvalue weighted by atomic mass is 16.4. The van der Waals surface area contributed by atoms with Crippen molar-refractivity contribution < 1.29 is 19.5 Å². The van der Waals surface area contributed by atoms with Gasteiger partial charge >= 0.3 is 5.97 Å². The van der Waals surface area contributed by atoms with Crippen molar-refractivity contribution in [3.8, 4) is 0 Å². The summed E-state index contributed by atoms with van der Waals surface area (Å²) in [6.45, 7) is 13.2. The summed E-state index contributed by atoms with van der Waals surface area (Å²) in [6, 6.07) is 6.17. The van der Waals surface area contributed by atoms with Crippen LogP contribution in [0, 0.1) is 11.8 Å². The highest BCUT2D eigenvalue weighted by molar-refractivity contribution is 5.92. The van der Waals surface area contributed by atoms with E-state index in [1.807, 2.05) is 72.0 Å². The molecule has 1 unspecified atom stereocenters. The Hall–Kier alpha value is -3.13. The molecule has 0 bridgehead atoms. The number of rotatable bonds is 11. The molecule has 0 fully saturated rings. The second-order valence-electron chi connectivity index (χ2n) is 10.8. The standard InChI is InChI=1S/C28H42N4O4/c1-16(2)22(14-18(5)27(35)36)32(9)26(34)23(17(3)4)31-25(33)24(29-8)28(6,7)20-15-30-21-13-11-10-12-19(20)21/h10-17,22-24,29-30H,1-9H3,(H,31,33)(H,35,36)/t22?,23-,24+/m0/s1. The lowest BCUT2D eigenvalue weighted by Crippen LogP contribution is -2.59. The van der Waals surface area contributed by atoms with E-state index in [0.717, 1.165) is 16.5 Å². The molecular formula is C28H42N4O4. The van der Waals surface area contributed by atoms with Crippen LogP contribution in [0.5, 0.6) is 0 Å². The van der Waals surface area contributed by atoms with Gasteiger partial charge in [-0.1, -0.05) is 65.8 Å². The zero-order chi connectivity index (χ0) is 27.4. The van der Waals surface area contributed by atoms with Gasteiger partial charge in [-0.2, -0.15) is 0 Å². The first-order chi connectivity index (χ1) is 16.7. The van der Waals surface area contributed by atoms with Gasteiger partial charge in [-0.25, -0.2) is 4.79 Å². The van der Waals surface area contributed by atoms with Gasteiger partial charge in [-0.15, -0.1) is 0 Å². The summed E-state index contributed by atoms with van der Waals surface area (Å²) in [5.74, 6) is -1.73. The van der Waals surface area contributed by atoms with Crippen LogP contribution < -0.4 is 10.6 Å². The number of benzene rings is 1. The first-order valence-electron chi connectivity index (χ1n) is 12.5. The Labute approximate surface area is 214 Å². The highest BCUT2D eigenvalue weighted by Crippen LogP contribution is 2.33. The zero-order valence-corrected chi connectivity index (χ0v) is 23.0. The average Bonchev–Trinajstić information content (AvgIpc) is 3.24. The van der Waals surface area contributed by atoms with Crippen LogP contribution in [0.3, 0.4) is 0 Å². The predicted octanol–water partition coefficient (Wildman–Crippen LogP) is 3.69. The quantitative estimate of drug-likeness (QED) is 0.353. The molecule has 0 aliphatic heterocycles. The summed E-state index contributed by atoms with van der Waals surface area (Å²) >= 11 is 0. The number of aromatic nitrogens is 1. The Morgan fingerprint density at radius 3 is 2.22 bits per heavy atom. The molecular weight excluding hydrogens is 456 g/mol. The second kappa shape index (κ2) is 11.7. The first-order valence-corrected chi connectivity index (χ1v) is 12.5. The van der Waals surface area contributed by atoms with Crippen LogP contribution in [0.25, 0.3) is 10.9 Å². The Balaban J connectivity index is 2.34. The van der Waals surface area contributed by atoms with Crippen molar-refractivity contribution in [3.05, 3.63) is 47.7 Å². The Kier molecular flexibility index (Phi) is 9.49. The molecule has 1 heterocycles. The highest BCUT2D eigenvalue weighted by Gasteiger charge is 2.40. The minimum absolute atomic E-state index is 0.0115. The van der Waals surface area contributed by atoms with E-state index in [-0.39, 0.29) is 29.2 Å². The van der Waals surface area contributed by atoms with Crippen LogP contribution in [0.2, 0.25) is 0 Å². The molecule has 1 aromatic heterocycles. The summed E-state index contributed by atoms with van der Waals surface area (Å²) < 4.78 is 0. The molecule has 0 saturated heterocycles. The summed E-state index contributed by atoms with van der Waals surface area (Å²) in [5.41, 5.74) is 1.59. The van der Waals surface area contributed by atoms with Gasteiger partial charge in [-0.3, -0.25) is 9.59 Å². The van der Waals surface area contributed by atoms with Gasteiger partial charge in [0.1, 0.15) is 6.04 Å². The SMILES string of the molecule is CN[C@H](C(=O)N[C@H](C(=O)N(C)C(C=C(C)C(=O)O)C(C)C)C(C)C)C(C)(C)c1c[nH]c2ccccc12. The minimum Gasteiger partial charge on any atom is -0.478 e. The van der Waals surface area contributed by atoms with E-state index in [4.69, 9.17) is 0 Å². The maximum Gasteiger partial charge on any atom is 0.331 e. The van der Waals surface area contributed by atoms with E-state index in [9.17, 15) is 19.5 Å². The summed E-state index contributed by atoms with van der Waals surface area (Å²) in [5, 5.41) is 16.5. The van der Waals surface area contributed by atoms with Crippen molar-refractivity contribution >= 4 is 28.7 Å². The van der Waals surface area contributed by atoms with E-state index < -0.39 is 29.5 Å². The topological polar surface area (TPSA) is 115 Å². The molecule has 198 valence electrons. The van der Waals surface area contributed by atoms with Crippen molar-refractivity contribution in [2.24, 2.45) is 11.8 Å². The van der Waals surface area contributed by atoms with Crippen LogP contribution in [0.1, 0.15) is 54.0 Å². The van der Waals surface area contributed by atoms with E-state index >= 15 is 0 Å². The molecule has 0 spiro atoms. The molecule has 3 atom stereocenters. The van der Waals surface area contributed by atoms with Crippen LogP contribution in [0.15, 0.2) is 42.1 Å². The average molecular weight is 499 g/mol. The van der Waals surface area contributed by atoms with Gasteiger partial charge in [0, 0.05) is 35.1 Å². The fourth-order valence-corrected chi connectivity index (χ4v) is 4.78. The molecule has 0 saturated carbocycles. The number of fused-ring (bicyclic) bond motifs is 1. The number of aliphatic carboxylic acids is 1. The molecule has 0 radical (unpaired) electrons. The van der Waals surface area contributed by atoms with Gasteiger partial charge in [0.25, 0.3) is 0 Å². The third-order valence-electron chi connectivity index (χ3n) is 7.02. The zero-order valence-electron chi connectivity index (χ0n) is 23.0. The normalized spacial score (nSPS) is 15.1. The molecule has 2 rings (SSSR count). The molecule has 0 aliphatic carbocycles. The Morgan fingerprint density at radius 1 is 1.08 bits per heavy atom. The van der Waals surface area contributed by atoms with Crippen LogP contribution in [-0.2, 0) is 19.8 Å². The summed E-state index contributed by atoms with van der Waals surface area (Å²) in [4.78, 5) is 43.4. The molecule has 36 heavy (non-hydrogen) atoms. The second-order valence-corrected chi connectivity index (χ2v) is 10.8. The van der Waals surface area contributed by atoms with Crippen molar-refractivity contribution in [1.29, 1.82) is 0 Å². The lowest BCUT2D eigenvalue weighted by molar-refractivity contribution is -0.139. The number of amides is 2. The van der Waals surface area contributed by atoms with Gasteiger partial charge in [0.15, 0.2) is 0 Å². The fraction of sp³-hybridized carbons (Fsp3) is 0.536. The first kappa shape index (κ1) is 29.1. The van der Waals surface area contributed by atoms with E-state index in [1.54, 1.807) is 25.1 Å². The molecule has 0 aliphatic rings. The largest absolute Gasteiger partial charge is 0.478 e. The van der Waals surface area contributed by atoms with Crippen molar-refractivity contribution in [3.63, 3.8) is 0 Å². The van der Waals surface area contributed by atoms with Crippen molar-refractivity contribution in [1.82, 2.24) is 20.5 Å². The Bertz CT molecular complexity index is 1120. The maximum atomic E-state index is 13.6. The van der Waals surface area contributed by atoms with Gasteiger partial charge < -0.3 is 25.6 Å². The number of carbonyl (C=O) groups is 3. The number of carbonyl (C=O) groups excluding carboxylic acids is 2. The van der Waals surface area contributed by atoms with Crippen LogP contribution in [0.4, 0.5) is 0 Å². The number of H-pyrrole nitrogens is 1.